The minimum absolute atomic E-state index is 0.313. The van der Waals surface area contributed by atoms with Crippen LogP contribution < -0.4 is 5.73 Å². The van der Waals surface area contributed by atoms with Gasteiger partial charge in [0.25, 0.3) is 0 Å². The predicted octanol–water partition coefficient (Wildman–Crippen LogP) is 4.35. The van der Waals surface area contributed by atoms with Crippen LogP contribution in [0.4, 0.5) is 5.88 Å². The van der Waals surface area contributed by atoms with Crippen LogP contribution in [0.1, 0.15) is 25.0 Å². The number of halogens is 2. The van der Waals surface area contributed by atoms with Gasteiger partial charge in [0.05, 0.1) is 16.3 Å². The summed E-state index contributed by atoms with van der Waals surface area (Å²) in [6, 6.07) is 5.34. The Kier molecular flexibility index (Phi) is 2.76. The largest absolute Gasteiger partial charge is 0.367 e. The summed E-state index contributed by atoms with van der Waals surface area (Å²) in [6.07, 6.45) is 1.12. The van der Waals surface area contributed by atoms with Crippen LogP contribution in [-0.4, -0.2) is 5.16 Å². The zero-order chi connectivity index (χ0) is 12.9. The van der Waals surface area contributed by atoms with Crippen LogP contribution in [0.25, 0.3) is 11.1 Å². The number of benzene rings is 1. The van der Waals surface area contributed by atoms with Crippen molar-refractivity contribution in [1.82, 2.24) is 5.16 Å². The van der Waals surface area contributed by atoms with Gasteiger partial charge < -0.3 is 10.3 Å². The number of aromatic nitrogens is 1. The molecule has 1 fully saturated rings. The van der Waals surface area contributed by atoms with E-state index in [0.29, 0.717) is 27.8 Å². The SMILES string of the molecule is CC1CC1c1noc(N)c1-c1ccc(Cl)cc1Cl. The second-order valence-corrected chi connectivity index (χ2v) is 5.59. The minimum Gasteiger partial charge on any atom is -0.367 e. The maximum atomic E-state index is 6.22. The molecule has 1 aromatic carbocycles. The Bertz CT molecular complexity index is 609. The molecule has 0 amide bonds. The van der Waals surface area contributed by atoms with E-state index in [2.05, 4.69) is 12.1 Å². The van der Waals surface area contributed by atoms with E-state index >= 15 is 0 Å². The fraction of sp³-hybridized carbons (Fsp3) is 0.308. The molecule has 2 unspecified atom stereocenters. The average molecular weight is 283 g/mol. The summed E-state index contributed by atoms with van der Waals surface area (Å²) in [4.78, 5) is 0. The van der Waals surface area contributed by atoms with Crippen molar-refractivity contribution in [2.75, 3.05) is 5.73 Å². The molecule has 0 saturated heterocycles. The number of nitrogens with two attached hydrogens (primary N) is 1. The summed E-state index contributed by atoms with van der Waals surface area (Å²) in [5, 5.41) is 5.24. The number of anilines is 1. The van der Waals surface area contributed by atoms with E-state index in [0.717, 1.165) is 23.2 Å². The van der Waals surface area contributed by atoms with Crippen molar-refractivity contribution in [2.45, 2.75) is 19.3 Å². The van der Waals surface area contributed by atoms with Gasteiger partial charge in [0.1, 0.15) is 0 Å². The van der Waals surface area contributed by atoms with E-state index in [1.54, 1.807) is 12.1 Å². The Morgan fingerprint density at radius 2 is 2.11 bits per heavy atom. The van der Waals surface area contributed by atoms with E-state index in [-0.39, 0.29) is 0 Å². The standard InChI is InChI=1S/C13H12Cl2N2O/c1-6-4-9(6)12-11(13(16)18-17-12)8-3-2-7(14)5-10(8)15/h2-3,5-6,9H,4,16H2,1H3. The molecule has 1 aromatic heterocycles. The molecule has 1 heterocycles. The van der Waals surface area contributed by atoms with Crippen molar-refractivity contribution in [3.8, 4) is 11.1 Å². The lowest BCUT2D eigenvalue weighted by Crippen LogP contribution is -1.91. The van der Waals surface area contributed by atoms with Crippen molar-refractivity contribution in [3.63, 3.8) is 0 Å². The van der Waals surface area contributed by atoms with Crippen LogP contribution in [0.15, 0.2) is 22.7 Å². The second kappa shape index (κ2) is 4.18. The van der Waals surface area contributed by atoms with Crippen LogP contribution in [-0.2, 0) is 0 Å². The Morgan fingerprint density at radius 3 is 2.72 bits per heavy atom. The molecule has 0 aliphatic heterocycles. The Morgan fingerprint density at radius 1 is 1.39 bits per heavy atom. The fourth-order valence-corrected chi connectivity index (χ4v) is 2.74. The van der Waals surface area contributed by atoms with Gasteiger partial charge in [-0.2, -0.15) is 0 Å². The van der Waals surface area contributed by atoms with Crippen molar-refractivity contribution in [2.24, 2.45) is 5.92 Å². The van der Waals surface area contributed by atoms with E-state index in [4.69, 9.17) is 33.5 Å². The molecule has 1 aliphatic carbocycles. The number of hydrogen-bond acceptors (Lipinski definition) is 3. The van der Waals surface area contributed by atoms with Crippen molar-refractivity contribution < 1.29 is 4.52 Å². The molecule has 3 rings (SSSR count). The predicted molar refractivity (Wildman–Crippen MR) is 72.9 cm³/mol. The number of rotatable bonds is 2. The summed E-state index contributed by atoms with van der Waals surface area (Å²) in [5.41, 5.74) is 8.42. The third kappa shape index (κ3) is 1.88. The third-order valence-corrected chi connectivity index (χ3v) is 3.95. The van der Waals surface area contributed by atoms with Gasteiger partial charge in [0, 0.05) is 16.5 Å². The molecule has 5 heteroatoms. The van der Waals surface area contributed by atoms with Crippen LogP contribution in [0.2, 0.25) is 10.0 Å². The monoisotopic (exact) mass is 282 g/mol. The third-order valence-electron chi connectivity index (χ3n) is 3.41. The summed E-state index contributed by atoms with van der Waals surface area (Å²) < 4.78 is 5.12. The lowest BCUT2D eigenvalue weighted by molar-refractivity contribution is 0.427. The molecule has 94 valence electrons. The van der Waals surface area contributed by atoms with Gasteiger partial charge in [0.15, 0.2) is 0 Å². The van der Waals surface area contributed by atoms with Gasteiger partial charge in [-0.25, -0.2) is 0 Å². The normalized spacial score (nSPS) is 22.2. The Hall–Kier alpha value is -1.19. The first kappa shape index (κ1) is 11.9. The lowest BCUT2D eigenvalue weighted by Gasteiger charge is -2.05. The molecule has 1 saturated carbocycles. The molecule has 1 aliphatic rings. The number of nitrogens with zero attached hydrogens (tertiary/aromatic N) is 1. The molecule has 0 radical (unpaired) electrons. The highest BCUT2D eigenvalue weighted by Gasteiger charge is 2.39. The smallest absolute Gasteiger partial charge is 0.230 e. The minimum atomic E-state index is 0.313. The van der Waals surface area contributed by atoms with Gasteiger partial charge >= 0.3 is 0 Å². The molecule has 0 spiro atoms. The Balaban J connectivity index is 2.13. The summed E-state index contributed by atoms with van der Waals surface area (Å²) in [6.45, 7) is 2.18. The number of hydrogen-bond donors (Lipinski definition) is 1. The van der Waals surface area contributed by atoms with Crippen LogP contribution in [0, 0.1) is 5.92 Å². The molecule has 18 heavy (non-hydrogen) atoms. The topological polar surface area (TPSA) is 52.0 Å². The van der Waals surface area contributed by atoms with Gasteiger partial charge in [-0.15, -0.1) is 0 Å². The molecular weight excluding hydrogens is 271 g/mol. The highest BCUT2D eigenvalue weighted by Crippen LogP contribution is 2.51. The quantitative estimate of drug-likeness (QED) is 0.891. The van der Waals surface area contributed by atoms with E-state index in [1.807, 2.05) is 6.07 Å². The molecule has 2 aromatic rings. The average Bonchev–Trinajstić information content (AvgIpc) is 2.91. The first-order valence-electron chi connectivity index (χ1n) is 5.78. The first-order chi connectivity index (χ1) is 8.58. The molecule has 0 bridgehead atoms. The molecule has 2 atom stereocenters. The zero-order valence-electron chi connectivity index (χ0n) is 9.78. The van der Waals surface area contributed by atoms with Crippen LogP contribution >= 0.6 is 23.2 Å². The fourth-order valence-electron chi connectivity index (χ4n) is 2.23. The van der Waals surface area contributed by atoms with Crippen LogP contribution in [0.5, 0.6) is 0 Å². The van der Waals surface area contributed by atoms with Crippen molar-refractivity contribution >= 4 is 29.1 Å². The van der Waals surface area contributed by atoms with Gasteiger partial charge in [0.2, 0.25) is 5.88 Å². The summed E-state index contributed by atoms with van der Waals surface area (Å²) in [7, 11) is 0. The molecular formula is C13H12Cl2N2O. The van der Waals surface area contributed by atoms with E-state index in [9.17, 15) is 0 Å². The van der Waals surface area contributed by atoms with Crippen molar-refractivity contribution in [1.29, 1.82) is 0 Å². The zero-order valence-corrected chi connectivity index (χ0v) is 11.3. The van der Waals surface area contributed by atoms with Gasteiger partial charge in [-0.05, 0) is 24.5 Å². The van der Waals surface area contributed by atoms with E-state index in [1.165, 1.54) is 0 Å². The summed E-state index contributed by atoms with van der Waals surface area (Å²) >= 11 is 12.1. The summed E-state index contributed by atoms with van der Waals surface area (Å²) in [5.74, 6) is 1.36. The lowest BCUT2D eigenvalue weighted by atomic mass is 10.0. The maximum absolute atomic E-state index is 6.22. The number of nitrogen functional groups attached to an aromatic ring is 1. The van der Waals surface area contributed by atoms with Gasteiger partial charge in [-0.1, -0.05) is 41.3 Å². The second-order valence-electron chi connectivity index (χ2n) is 4.75. The molecule has 3 nitrogen and oxygen atoms in total. The Labute approximate surface area is 115 Å². The highest BCUT2D eigenvalue weighted by atomic mass is 35.5. The maximum Gasteiger partial charge on any atom is 0.230 e. The first-order valence-corrected chi connectivity index (χ1v) is 6.54. The molecule has 2 N–H and O–H groups in total. The van der Waals surface area contributed by atoms with E-state index < -0.39 is 0 Å². The van der Waals surface area contributed by atoms with Crippen LogP contribution in [0.3, 0.4) is 0 Å². The van der Waals surface area contributed by atoms with Gasteiger partial charge in [-0.3, -0.25) is 0 Å². The highest BCUT2D eigenvalue weighted by molar-refractivity contribution is 6.36. The van der Waals surface area contributed by atoms with Crippen molar-refractivity contribution in [3.05, 3.63) is 33.9 Å².